The van der Waals surface area contributed by atoms with E-state index in [2.05, 4.69) is 16.4 Å². The number of nitrogens with zero attached hydrogens (tertiary/aromatic N) is 2. The molecule has 0 aliphatic carbocycles. The third kappa shape index (κ3) is 4.66. The molecule has 7 nitrogen and oxygen atoms in total. The van der Waals surface area contributed by atoms with E-state index in [4.69, 9.17) is 18.9 Å². The number of nitriles is 1. The lowest BCUT2D eigenvalue weighted by atomic mass is 10.1. The predicted molar refractivity (Wildman–Crippen MR) is 127 cm³/mol. The summed E-state index contributed by atoms with van der Waals surface area (Å²) in [6.45, 7) is 0.400. The van der Waals surface area contributed by atoms with Gasteiger partial charge in [-0.1, -0.05) is 12.1 Å². The van der Waals surface area contributed by atoms with E-state index >= 15 is 0 Å². The monoisotopic (exact) mass is 441 g/mol. The SMILES string of the molecule is COCc1cc2ncc(C#N)c(Nc3ccc(Oc4ccccc4OC)cc3)c2cc1OC. The topological polar surface area (TPSA) is 85.6 Å². The molecule has 0 aliphatic heterocycles. The number of hydrogen-bond acceptors (Lipinski definition) is 7. The minimum absolute atomic E-state index is 0.400. The maximum absolute atomic E-state index is 9.67. The lowest BCUT2D eigenvalue weighted by Crippen LogP contribution is -2.00. The summed E-state index contributed by atoms with van der Waals surface area (Å²) in [5.74, 6) is 2.62. The highest BCUT2D eigenvalue weighted by Crippen LogP contribution is 2.35. The highest BCUT2D eigenvalue weighted by molar-refractivity contribution is 5.97. The van der Waals surface area contributed by atoms with E-state index in [0.717, 1.165) is 22.2 Å². The molecule has 0 radical (unpaired) electrons. The van der Waals surface area contributed by atoms with Gasteiger partial charge < -0.3 is 24.3 Å². The summed E-state index contributed by atoms with van der Waals surface area (Å²) in [4.78, 5) is 4.44. The number of pyridine rings is 1. The number of fused-ring (bicyclic) bond motifs is 1. The summed E-state index contributed by atoms with van der Waals surface area (Å²) in [5, 5.41) is 13.8. The molecule has 1 aromatic heterocycles. The first-order valence-electron chi connectivity index (χ1n) is 10.2. The molecule has 1 heterocycles. The van der Waals surface area contributed by atoms with Crippen LogP contribution in [0.4, 0.5) is 11.4 Å². The summed E-state index contributed by atoms with van der Waals surface area (Å²) >= 11 is 0. The molecule has 0 saturated heterocycles. The van der Waals surface area contributed by atoms with Crippen molar-refractivity contribution in [3.63, 3.8) is 0 Å². The third-order valence-corrected chi connectivity index (χ3v) is 5.11. The molecule has 4 aromatic rings. The average molecular weight is 441 g/mol. The van der Waals surface area contributed by atoms with Gasteiger partial charge in [0, 0.05) is 29.9 Å². The largest absolute Gasteiger partial charge is 0.496 e. The fraction of sp³-hybridized carbons (Fsp3) is 0.154. The molecule has 0 spiro atoms. The first kappa shape index (κ1) is 21.9. The van der Waals surface area contributed by atoms with Gasteiger partial charge in [-0.15, -0.1) is 0 Å². The van der Waals surface area contributed by atoms with Crippen LogP contribution in [0, 0.1) is 11.3 Å². The van der Waals surface area contributed by atoms with Crippen molar-refractivity contribution in [1.82, 2.24) is 4.98 Å². The molecule has 1 N–H and O–H groups in total. The second kappa shape index (κ2) is 9.90. The van der Waals surface area contributed by atoms with Gasteiger partial charge in [0.15, 0.2) is 11.5 Å². The molecule has 166 valence electrons. The van der Waals surface area contributed by atoms with Crippen molar-refractivity contribution in [3.05, 3.63) is 78.0 Å². The number of anilines is 2. The van der Waals surface area contributed by atoms with Crippen LogP contribution in [0.1, 0.15) is 11.1 Å². The van der Waals surface area contributed by atoms with E-state index in [0.29, 0.717) is 40.9 Å². The van der Waals surface area contributed by atoms with Crippen molar-refractivity contribution in [2.75, 3.05) is 26.6 Å². The van der Waals surface area contributed by atoms with Crippen LogP contribution in [0.2, 0.25) is 0 Å². The van der Waals surface area contributed by atoms with E-state index < -0.39 is 0 Å². The Hall–Kier alpha value is -4.28. The Labute approximate surface area is 192 Å². The molecule has 4 rings (SSSR count). The molecule has 3 aromatic carbocycles. The van der Waals surface area contributed by atoms with Crippen LogP contribution < -0.4 is 19.5 Å². The first-order chi connectivity index (χ1) is 16.2. The van der Waals surface area contributed by atoms with E-state index in [9.17, 15) is 5.26 Å². The van der Waals surface area contributed by atoms with Crippen LogP contribution in [0.3, 0.4) is 0 Å². The van der Waals surface area contributed by atoms with E-state index in [1.54, 1.807) is 27.5 Å². The van der Waals surface area contributed by atoms with Crippen molar-refractivity contribution in [3.8, 4) is 29.1 Å². The Bertz CT molecular complexity index is 1310. The third-order valence-electron chi connectivity index (χ3n) is 5.11. The smallest absolute Gasteiger partial charge is 0.169 e. The van der Waals surface area contributed by atoms with Crippen LogP contribution in [-0.2, 0) is 11.3 Å². The normalized spacial score (nSPS) is 10.5. The Morgan fingerprint density at radius 3 is 2.30 bits per heavy atom. The highest BCUT2D eigenvalue weighted by atomic mass is 16.5. The first-order valence-corrected chi connectivity index (χ1v) is 10.2. The van der Waals surface area contributed by atoms with Crippen LogP contribution in [-0.4, -0.2) is 26.3 Å². The summed E-state index contributed by atoms with van der Waals surface area (Å²) in [6.07, 6.45) is 1.56. The van der Waals surface area contributed by atoms with E-state index in [1.165, 1.54) is 0 Å². The second-order valence-electron chi connectivity index (χ2n) is 7.18. The number of hydrogen-bond donors (Lipinski definition) is 1. The molecular weight excluding hydrogens is 418 g/mol. The van der Waals surface area contributed by atoms with Crippen molar-refractivity contribution >= 4 is 22.3 Å². The molecule has 0 fully saturated rings. The van der Waals surface area contributed by atoms with Crippen molar-refractivity contribution in [2.45, 2.75) is 6.61 Å². The highest BCUT2D eigenvalue weighted by Gasteiger charge is 2.14. The van der Waals surface area contributed by atoms with Gasteiger partial charge in [-0.25, -0.2) is 0 Å². The maximum atomic E-state index is 9.67. The standard InChI is InChI=1S/C26H23N3O4/c1-30-16-17-12-22-21(13-25(17)32-3)26(18(14-27)15-28-22)29-19-8-10-20(11-9-19)33-24-7-5-4-6-23(24)31-2/h4-13,15H,16H2,1-3H3,(H,28,29). The van der Waals surface area contributed by atoms with Crippen LogP contribution >= 0.6 is 0 Å². The number of methoxy groups -OCH3 is 3. The molecule has 7 heteroatoms. The maximum Gasteiger partial charge on any atom is 0.169 e. The van der Waals surface area contributed by atoms with Gasteiger partial charge in [-0.3, -0.25) is 4.98 Å². The quantitative estimate of drug-likeness (QED) is 0.369. The summed E-state index contributed by atoms with van der Waals surface area (Å²) < 4.78 is 22.1. The predicted octanol–water partition coefficient (Wildman–Crippen LogP) is 5.81. The van der Waals surface area contributed by atoms with Gasteiger partial charge >= 0.3 is 0 Å². The number of nitrogens with one attached hydrogen (secondary N) is 1. The van der Waals surface area contributed by atoms with Crippen molar-refractivity contribution in [1.29, 1.82) is 5.26 Å². The minimum atomic E-state index is 0.400. The summed E-state index contributed by atoms with van der Waals surface area (Å²) in [7, 11) is 4.84. The second-order valence-corrected chi connectivity index (χ2v) is 7.18. The molecular formula is C26H23N3O4. The fourth-order valence-electron chi connectivity index (χ4n) is 3.52. The van der Waals surface area contributed by atoms with E-state index in [1.807, 2.05) is 60.7 Å². The van der Waals surface area contributed by atoms with Gasteiger partial charge in [-0.2, -0.15) is 5.26 Å². The number of benzene rings is 3. The number of para-hydroxylation sites is 2. The Balaban J connectivity index is 1.66. The molecule has 0 saturated carbocycles. The molecule has 0 aliphatic rings. The number of rotatable bonds is 8. The van der Waals surface area contributed by atoms with Crippen molar-refractivity contribution in [2.24, 2.45) is 0 Å². The van der Waals surface area contributed by atoms with Crippen LogP contribution in [0.25, 0.3) is 10.9 Å². The zero-order chi connectivity index (χ0) is 23.2. The lowest BCUT2D eigenvalue weighted by Gasteiger charge is -2.15. The number of aromatic nitrogens is 1. The van der Waals surface area contributed by atoms with Gasteiger partial charge in [-0.05, 0) is 48.5 Å². The molecule has 0 bridgehead atoms. The molecule has 0 atom stereocenters. The zero-order valence-electron chi connectivity index (χ0n) is 18.6. The number of ether oxygens (including phenoxy) is 4. The lowest BCUT2D eigenvalue weighted by molar-refractivity contribution is 0.182. The zero-order valence-corrected chi connectivity index (χ0v) is 18.6. The summed E-state index contributed by atoms with van der Waals surface area (Å²) in [5.41, 5.74) is 3.50. The van der Waals surface area contributed by atoms with Gasteiger partial charge in [0.2, 0.25) is 0 Å². The van der Waals surface area contributed by atoms with Crippen LogP contribution in [0.15, 0.2) is 66.9 Å². The Morgan fingerprint density at radius 1 is 0.909 bits per heavy atom. The summed E-state index contributed by atoms with van der Waals surface area (Å²) in [6, 6.07) is 20.9. The van der Waals surface area contributed by atoms with Crippen molar-refractivity contribution < 1.29 is 18.9 Å². The van der Waals surface area contributed by atoms with Gasteiger partial charge in [0.05, 0.1) is 37.6 Å². The fourth-order valence-corrected chi connectivity index (χ4v) is 3.52. The molecule has 0 unspecified atom stereocenters. The Morgan fingerprint density at radius 2 is 1.64 bits per heavy atom. The van der Waals surface area contributed by atoms with E-state index in [-0.39, 0.29) is 0 Å². The van der Waals surface area contributed by atoms with Gasteiger partial charge in [0.25, 0.3) is 0 Å². The van der Waals surface area contributed by atoms with Gasteiger partial charge in [0.1, 0.15) is 17.6 Å². The molecule has 0 amide bonds. The molecule has 33 heavy (non-hydrogen) atoms. The average Bonchev–Trinajstić information content (AvgIpc) is 2.85. The minimum Gasteiger partial charge on any atom is -0.496 e. The Kier molecular flexibility index (Phi) is 6.58. The van der Waals surface area contributed by atoms with Crippen LogP contribution in [0.5, 0.6) is 23.0 Å².